The van der Waals surface area contributed by atoms with Crippen molar-refractivity contribution in [3.63, 3.8) is 0 Å². The van der Waals surface area contributed by atoms with Gasteiger partial charge in [0.2, 0.25) is 0 Å². The Morgan fingerprint density at radius 3 is 2.59 bits per heavy atom. The quantitative estimate of drug-likeness (QED) is 0.501. The van der Waals surface area contributed by atoms with Crippen LogP contribution in [-0.2, 0) is 9.59 Å². The number of amides is 1. The summed E-state index contributed by atoms with van der Waals surface area (Å²) in [5.41, 5.74) is 2.84. The normalized spacial score (nSPS) is 10.4. The smallest absolute Gasteiger partial charge is 0.341 e. The van der Waals surface area contributed by atoms with E-state index in [1.54, 1.807) is 30.3 Å². The van der Waals surface area contributed by atoms with Crippen molar-refractivity contribution < 1.29 is 28.9 Å². The van der Waals surface area contributed by atoms with E-state index >= 15 is 0 Å². The van der Waals surface area contributed by atoms with Crippen molar-refractivity contribution in [3.8, 4) is 17.2 Å². The van der Waals surface area contributed by atoms with E-state index in [0.717, 1.165) is 0 Å². The number of nitrogens with zero attached hydrogens (tertiary/aromatic N) is 1. The molecule has 0 aliphatic rings. The van der Waals surface area contributed by atoms with Crippen LogP contribution in [0.3, 0.4) is 0 Å². The number of nitrogens with one attached hydrogen (secondary N) is 1. The summed E-state index contributed by atoms with van der Waals surface area (Å²) in [6.45, 7) is -0.742. The lowest BCUT2D eigenvalue weighted by Gasteiger charge is -2.11. The van der Waals surface area contributed by atoms with Crippen molar-refractivity contribution in [2.75, 3.05) is 20.3 Å². The van der Waals surface area contributed by atoms with E-state index in [1.807, 2.05) is 6.07 Å². The lowest BCUT2D eigenvalue weighted by molar-refractivity contribution is -0.139. The fourth-order valence-corrected chi connectivity index (χ4v) is 2.24. The largest absolute Gasteiger partial charge is 0.493 e. The highest BCUT2D eigenvalue weighted by Crippen LogP contribution is 2.36. The third kappa shape index (κ3) is 6.52. The van der Waals surface area contributed by atoms with Gasteiger partial charge in [-0.3, -0.25) is 4.79 Å². The summed E-state index contributed by atoms with van der Waals surface area (Å²) in [6.07, 6.45) is 1.36. The third-order valence-electron chi connectivity index (χ3n) is 3.11. The summed E-state index contributed by atoms with van der Waals surface area (Å²) in [5.74, 6) is -0.651. The topological polar surface area (TPSA) is 106 Å². The van der Waals surface area contributed by atoms with Crippen LogP contribution in [-0.4, -0.2) is 43.5 Å². The average molecular weight is 393 g/mol. The first kappa shape index (κ1) is 20.1. The van der Waals surface area contributed by atoms with Crippen molar-refractivity contribution in [1.29, 1.82) is 0 Å². The molecule has 0 aliphatic carbocycles. The molecule has 8 nitrogen and oxygen atoms in total. The van der Waals surface area contributed by atoms with Crippen LogP contribution in [0.15, 0.2) is 47.6 Å². The maximum atomic E-state index is 11.7. The molecule has 27 heavy (non-hydrogen) atoms. The van der Waals surface area contributed by atoms with Crippen molar-refractivity contribution in [1.82, 2.24) is 5.43 Å². The van der Waals surface area contributed by atoms with Gasteiger partial charge in [-0.1, -0.05) is 29.8 Å². The van der Waals surface area contributed by atoms with Gasteiger partial charge >= 0.3 is 5.97 Å². The Labute approximate surface area is 160 Å². The number of hydrazone groups is 1. The number of halogens is 1. The van der Waals surface area contributed by atoms with Crippen LogP contribution in [0.1, 0.15) is 5.56 Å². The van der Waals surface area contributed by atoms with Crippen LogP contribution in [0.2, 0.25) is 5.02 Å². The highest BCUT2D eigenvalue weighted by atomic mass is 35.5. The number of carbonyl (C=O) groups is 2. The minimum absolute atomic E-state index is 0.110. The van der Waals surface area contributed by atoms with Crippen LogP contribution < -0.4 is 19.6 Å². The first-order valence-electron chi connectivity index (χ1n) is 7.71. The SMILES string of the molecule is COc1cc(/C=N\NC(=O)COc2ccccc2)cc(Cl)c1OCC(=O)O. The Morgan fingerprint density at radius 2 is 1.93 bits per heavy atom. The number of carboxylic acid groups (broad SMARTS) is 1. The Balaban J connectivity index is 1.94. The Hall–Kier alpha value is -3.26. The third-order valence-corrected chi connectivity index (χ3v) is 3.39. The van der Waals surface area contributed by atoms with Gasteiger partial charge in [0.25, 0.3) is 5.91 Å². The highest BCUT2D eigenvalue weighted by molar-refractivity contribution is 6.32. The van der Waals surface area contributed by atoms with Crippen molar-refractivity contribution >= 4 is 29.7 Å². The predicted molar refractivity (Wildman–Crippen MR) is 98.8 cm³/mol. The lowest BCUT2D eigenvalue weighted by atomic mass is 10.2. The zero-order chi connectivity index (χ0) is 19.6. The number of methoxy groups -OCH3 is 1. The van der Waals surface area contributed by atoms with Crippen LogP contribution >= 0.6 is 11.6 Å². The van der Waals surface area contributed by atoms with E-state index in [9.17, 15) is 9.59 Å². The van der Waals surface area contributed by atoms with E-state index in [4.69, 9.17) is 30.9 Å². The van der Waals surface area contributed by atoms with E-state index in [2.05, 4.69) is 10.5 Å². The summed E-state index contributed by atoms with van der Waals surface area (Å²) in [6, 6.07) is 11.9. The number of carboxylic acids is 1. The molecule has 0 aliphatic heterocycles. The zero-order valence-electron chi connectivity index (χ0n) is 14.3. The van der Waals surface area contributed by atoms with Gasteiger partial charge in [-0.25, -0.2) is 10.2 Å². The number of benzene rings is 2. The van der Waals surface area contributed by atoms with Gasteiger partial charge in [-0.15, -0.1) is 0 Å². The number of aliphatic carboxylic acids is 1. The molecule has 2 rings (SSSR count). The molecule has 0 aromatic heterocycles. The molecule has 2 aromatic carbocycles. The van der Waals surface area contributed by atoms with Gasteiger partial charge in [-0.05, 0) is 29.8 Å². The van der Waals surface area contributed by atoms with Crippen molar-refractivity contribution in [2.24, 2.45) is 5.10 Å². The van der Waals surface area contributed by atoms with E-state index in [-0.39, 0.29) is 23.1 Å². The maximum absolute atomic E-state index is 11.7. The molecular weight excluding hydrogens is 376 g/mol. The molecule has 0 fully saturated rings. The second-order valence-electron chi connectivity index (χ2n) is 5.11. The van der Waals surface area contributed by atoms with Gasteiger partial charge in [0.05, 0.1) is 18.3 Å². The van der Waals surface area contributed by atoms with Gasteiger partial charge < -0.3 is 19.3 Å². The molecule has 9 heteroatoms. The van der Waals surface area contributed by atoms with Gasteiger partial charge in [0.15, 0.2) is 24.7 Å². The van der Waals surface area contributed by atoms with Crippen LogP contribution in [0.5, 0.6) is 17.2 Å². The number of rotatable bonds is 9. The molecule has 0 radical (unpaired) electrons. The molecule has 142 valence electrons. The van der Waals surface area contributed by atoms with Gasteiger partial charge in [0, 0.05) is 0 Å². The monoisotopic (exact) mass is 392 g/mol. The molecule has 0 atom stereocenters. The standard InChI is InChI=1S/C18H17ClN2O6/c1-25-15-8-12(7-14(19)18(15)27-11-17(23)24)9-20-21-16(22)10-26-13-5-3-2-4-6-13/h2-9H,10-11H2,1H3,(H,21,22)(H,23,24)/b20-9-. The number of hydrogen-bond donors (Lipinski definition) is 2. The van der Waals surface area contributed by atoms with Crippen molar-refractivity contribution in [2.45, 2.75) is 0 Å². The Bertz CT molecular complexity index is 826. The summed E-state index contributed by atoms with van der Waals surface area (Å²) < 4.78 is 15.5. The Morgan fingerprint density at radius 1 is 1.19 bits per heavy atom. The van der Waals surface area contributed by atoms with Crippen molar-refractivity contribution in [3.05, 3.63) is 53.1 Å². The first-order chi connectivity index (χ1) is 13.0. The predicted octanol–water partition coefficient (Wildman–Crippen LogP) is 2.34. The van der Waals surface area contributed by atoms with E-state index < -0.39 is 18.5 Å². The number of hydrogen-bond acceptors (Lipinski definition) is 6. The summed E-state index contributed by atoms with van der Waals surface area (Å²) >= 11 is 6.09. The highest BCUT2D eigenvalue weighted by Gasteiger charge is 2.13. The fourth-order valence-electron chi connectivity index (χ4n) is 1.96. The molecule has 0 unspecified atom stereocenters. The maximum Gasteiger partial charge on any atom is 0.341 e. The van der Waals surface area contributed by atoms with Crippen LogP contribution in [0.25, 0.3) is 0 Å². The number of para-hydroxylation sites is 1. The second-order valence-corrected chi connectivity index (χ2v) is 5.52. The van der Waals surface area contributed by atoms with Crippen LogP contribution in [0.4, 0.5) is 0 Å². The number of carbonyl (C=O) groups excluding carboxylic acids is 1. The minimum Gasteiger partial charge on any atom is -0.493 e. The fraction of sp³-hybridized carbons (Fsp3) is 0.167. The molecule has 0 saturated heterocycles. The molecular formula is C18H17ClN2O6. The molecule has 2 N–H and O–H groups in total. The van der Waals surface area contributed by atoms with E-state index in [0.29, 0.717) is 11.3 Å². The first-order valence-corrected chi connectivity index (χ1v) is 8.09. The average Bonchev–Trinajstić information content (AvgIpc) is 2.65. The van der Waals surface area contributed by atoms with Gasteiger partial charge in [0.1, 0.15) is 5.75 Å². The van der Waals surface area contributed by atoms with E-state index in [1.165, 1.54) is 19.4 Å². The minimum atomic E-state index is -1.14. The zero-order valence-corrected chi connectivity index (χ0v) is 15.1. The lowest BCUT2D eigenvalue weighted by Crippen LogP contribution is -2.24. The molecule has 2 aromatic rings. The summed E-state index contributed by atoms with van der Waals surface area (Å²) in [7, 11) is 1.39. The molecule has 1 amide bonds. The molecule has 0 heterocycles. The van der Waals surface area contributed by atoms with Gasteiger partial charge in [-0.2, -0.15) is 5.10 Å². The Kier molecular flexibility index (Phi) is 7.45. The second kappa shape index (κ2) is 10.0. The molecule has 0 spiro atoms. The summed E-state index contributed by atoms with van der Waals surface area (Å²) in [5, 5.41) is 12.7. The number of ether oxygens (including phenoxy) is 3. The molecule has 0 saturated carbocycles. The summed E-state index contributed by atoms with van der Waals surface area (Å²) in [4.78, 5) is 22.3. The molecule has 0 bridgehead atoms. The van der Waals surface area contributed by atoms with Crippen LogP contribution in [0, 0.1) is 0 Å².